The van der Waals surface area contributed by atoms with Crippen LogP contribution in [0.2, 0.25) is 0 Å². The van der Waals surface area contributed by atoms with Crippen molar-refractivity contribution in [2.24, 2.45) is 0 Å². The van der Waals surface area contributed by atoms with Crippen molar-refractivity contribution in [3.63, 3.8) is 0 Å². The van der Waals surface area contributed by atoms with Crippen LogP contribution in [0.4, 0.5) is 0 Å². The standard InChI is InChI=1S/C34H20N2S2/c1-2-8-26-24(7-1)19-25-18-17-23(20-27(25)32(26)34-36-29-10-4-6-12-31(29)38-34)21-13-15-22(16-14-21)33-35-28-9-3-5-11-30(28)37-33/h1-20H. The van der Waals surface area contributed by atoms with Gasteiger partial charge in [0.15, 0.2) is 0 Å². The van der Waals surface area contributed by atoms with Crippen LogP contribution >= 0.6 is 22.7 Å². The van der Waals surface area contributed by atoms with Gasteiger partial charge in [-0.3, -0.25) is 0 Å². The van der Waals surface area contributed by atoms with Crippen LogP contribution in [-0.4, -0.2) is 9.97 Å². The van der Waals surface area contributed by atoms with E-state index in [0.29, 0.717) is 0 Å². The molecule has 0 N–H and O–H groups in total. The zero-order chi connectivity index (χ0) is 25.1. The normalized spacial score (nSPS) is 11.7. The molecule has 178 valence electrons. The Morgan fingerprint density at radius 1 is 0.421 bits per heavy atom. The molecule has 0 radical (unpaired) electrons. The predicted molar refractivity (Wildman–Crippen MR) is 164 cm³/mol. The second kappa shape index (κ2) is 8.59. The van der Waals surface area contributed by atoms with Gasteiger partial charge in [0.25, 0.3) is 0 Å². The maximum atomic E-state index is 5.06. The molecule has 0 bridgehead atoms. The second-order valence-corrected chi connectivity index (χ2v) is 11.5. The first-order valence-electron chi connectivity index (χ1n) is 12.6. The maximum Gasteiger partial charge on any atom is 0.125 e. The molecule has 38 heavy (non-hydrogen) atoms. The number of hydrogen-bond acceptors (Lipinski definition) is 4. The molecule has 0 saturated heterocycles. The first-order chi connectivity index (χ1) is 18.8. The van der Waals surface area contributed by atoms with Gasteiger partial charge < -0.3 is 0 Å². The minimum atomic E-state index is 1.05. The van der Waals surface area contributed by atoms with Crippen molar-refractivity contribution in [2.45, 2.75) is 0 Å². The molecule has 0 aliphatic carbocycles. The summed E-state index contributed by atoms with van der Waals surface area (Å²) in [6.45, 7) is 0. The molecule has 0 spiro atoms. The van der Waals surface area contributed by atoms with Gasteiger partial charge in [0.1, 0.15) is 10.0 Å². The van der Waals surface area contributed by atoms with Crippen LogP contribution < -0.4 is 0 Å². The molecule has 4 heteroatoms. The van der Waals surface area contributed by atoms with Crippen molar-refractivity contribution >= 4 is 64.7 Å². The molecule has 0 atom stereocenters. The third kappa shape index (κ3) is 3.53. The summed E-state index contributed by atoms with van der Waals surface area (Å²) in [5.74, 6) is 0. The summed E-state index contributed by atoms with van der Waals surface area (Å²) in [6, 6.07) is 43.2. The Balaban J connectivity index is 1.28. The number of benzene rings is 6. The smallest absolute Gasteiger partial charge is 0.125 e. The average molecular weight is 521 g/mol. The first kappa shape index (κ1) is 21.7. The Hall–Kier alpha value is -4.38. The molecule has 6 aromatic carbocycles. The average Bonchev–Trinajstić information content (AvgIpc) is 3.60. The van der Waals surface area contributed by atoms with Gasteiger partial charge in [-0.15, -0.1) is 22.7 Å². The lowest BCUT2D eigenvalue weighted by Crippen LogP contribution is -1.87. The molecular formula is C34H20N2S2. The summed E-state index contributed by atoms with van der Waals surface area (Å²) < 4.78 is 2.43. The van der Waals surface area contributed by atoms with Gasteiger partial charge in [-0.1, -0.05) is 84.9 Å². The molecule has 2 nitrogen and oxygen atoms in total. The molecule has 2 aromatic heterocycles. The van der Waals surface area contributed by atoms with Crippen molar-refractivity contribution in [2.75, 3.05) is 0 Å². The van der Waals surface area contributed by atoms with E-state index in [4.69, 9.17) is 9.97 Å². The predicted octanol–water partition coefficient (Wildman–Crippen LogP) is 10.2. The van der Waals surface area contributed by atoms with Crippen LogP contribution in [-0.2, 0) is 0 Å². The van der Waals surface area contributed by atoms with E-state index in [2.05, 4.69) is 115 Å². The number of rotatable bonds is 3. The van der Waals surface area contributed by atoms with Crippen molar-refractivity contribution in [3.8, 4) is 32.3 Å². The quantitative estimate of drug-likeness (QED) is 0.217. The van der Waals surface area contributed by atoms with Gasteiger partial charge in [-0.05, 0) is 69.1 Å². The summed E-state index contributed by atoms with van der Waals surface area (Å²) >= 11 is 3.51. The van der Waals surface area contributed by atoms with Gasteiger partial charge in [0.05, 0.1) is 20.4 Å². The molecule has 8 rings (SSSR count). The highest BCUT2D eigenvalue weighted by molar-refractivity contribution is 7.22. The lowest BCUT2D eigenvalue weighted by molar-refractivity contribution is 1.48. The lowest BCUT2D eigenvalue weighted by Gasteiger charge is -2.12. The molecular weight excluding hydrogens is 501 g/mol. The van der Waals surface area contributed by atoms with Crippen molar-refractivity contribution in [1.82, 2.24) is 9.97 Å². The summed E-state index contributed by atoms with van der Waals surface area (Å²) in [4.78, 5) is 9.89. The lowest BCUT2D eigenvalue weighted by atomic mass is 9.94. The Bertz CT molecular complexity index is 2070. The van der Waals surface area contributed by atoms with Gasteiger partial charge in [-0.2, -0.15) is 0 Å². The van der Waals surface area contributed by atoms with Crippen LogP contribution in [0, 0.1) is 0 Å². The number of thiazole rings is 2. The van der Waals surface area contributed by atoms with E-state index in [1.54, 1.807) is 22.7 Å². The molecule has 0 saturated carbocycles. The second-order valence-electron chi connectivity index (χ2n) is 9.46. The highest BCUT2D eigenvalue weighted by Crippen LogP contribution is 2.41. The van der Waals surface area contributed by atoms with Crippen LogP contribution in [0.5, 0.6) is 0 Å². The number of aromatic nitrogens is 2. The first-order valence-corrected chi connectivity index (χ1v) is 14.2. The van der Waals surface area contributed by atoms with Gasteiger partial charge in [0, 0.05) is 11.1 Å². The largest absolute Gasteiger partial charge is 0.236 e. The zero-order valence-electron chi connectivity index (χ0n) is 20.3. The monoisotopic (exact) mass is 520 g/mol. The minimum Gasteiger partial charge on any atom is -0.236 e. The Labute approximate surface area is 227 Å². The number of fused-ring (bicyclic) bond motifs is 4. The van der Waals surface area contributed by atoms with Crippen molar-refractivity contribution in [3.05, 3.63) is 121 Å². The Morgan fingerprint density at radius 3 is 1.76 bits per heavy atom. The van der Waals surface area contributed by atoms with Crippen molar-refractivity contribution < 1.29 is 0 Å². The van der Waals surface area contributed by atoms with E-state index >= 15 is 0 Å². The summed E-state index contributed by atoms with van der Waals surface area (Å²) in [5.41, 5.74) is 6.87. The van der Waals surface area contributed by atoms with E-state index < -0.39 is 0 Å². The number of para-hydroxylation sites is 2. The summed E-state index contributed by atoms with van der Waals surface area (Å²) in [7, 11) is 0. The molecule has 0 fully saturated rings. The van der Waals surface area contributed by atoms with Gasteiger partial charge in [-0.25, -0.2) is 9.97 Å². The van der Waals surface area contributed by atoms with Gasteiger partial charge in [0.2, 0.25) is 0 Å². The fraction of sp³-hybridized carbons (Fsp3) is 0. The SMILES string of the molecule is c1ccc2c(-c3nc4ccccc4s3)c3cc(-c4ccc(-c5nc6ccccc6s5)cc4)ccc3cc2c1. The third-order valence-corrected chi connectivity index (χ3v) is 9.27. The van der Waals surface area contributed by atoms with Crippen LogP contribution in [0.1, 0.15) is 0 Å². The third-order valence-electron chi connectivity index (χ3n) is 7.13. The van der Waals surface area contributed by atoms with E-state index in [-0.39, 0.29) is 0 Å². The molecule has 0 aliphatic rings. The van der Waals surface area contributed by atoms with E-state index in [1.165, 1.54) is 47.6 Å². The molecule has 0 unspecified atom stereocenters. The molecule has 8 aromatic rings. The highest BCUT2D eigenvalue weighted by Gasteiger charge is 2.15. The van der Waals surface area contributed by atoms with Crippen LogP contribution in [0.25, 0.3) is 74.2 Å². The number of nitrogens with zero attached hydrogens (tertiary/aromatic N) is 2. The molecule has 0 aliphatic heterocycles. The van der Waals surface area contributed by atoms with E-state index in [0.717, 1.165) is 26.6 Å². The molecule has 0 amide bonds. The minimum absolute atomic E-state index is 1.05. The van der Waals surface area contributed by atoms with E-state index in [9.17, 15) is 0 Å². The number of hydrogen-bond donors (Lipinski definition) is 0. The van der Waals surface area contributed by atoms with E-state index in [1.807, 2.05) is 6.07 Å². The van der Waals surface area contributed by atoms with Crippen LogP contribution in [0.3, 0.4) is 0 Å². The maximum absolute atomic E-state index is 5.06. The molecule has 2 heterocycles. The zero-order valence-corrected chi connectivity index (χ0v) is 21.9. The summed E-state index contributed by atoms with van der Waals surface area (Å²) in [5, 5.41) is 7.06. The van der Waals surface area contributed by atoms with Crippen LogP contribution in [0.15, 0.2) is 121 Å². The van der Waals surface area contributed by atoms with Gasteiger partial charge >= 0.3 is 0 Å². The fourth-order valence-electron chi connectivity index (χ4n) is 5.25. The Kier molecular flexibility index (Phi) is 4.90. The van der Waals surface area contributed by atoms with Crippen molar-refractivity contribution in [1.29, 1.82) is 0 Å². The fourth-order valence-corrected chi connectivity index (χ4v) is 7.26. The Morgan fingerprint density at radius 2 is 1.00 bits per heavy atom. The summed E-state index contributed by atoms with van der Waals surface area (Å²) in [6.07, 6.45) is 0. The highest BCUT2D eigenvalue weighted by atomic mass is 32.1. The topological polar surface area (TPSA) is 25.8 Å².